The fourth-order valence-electron chi connectivity index (χ4n) is 1.71. The van der Waals surface area contributed by atoms with Crippen LogP contribution in [0.5, 0.6) is 11.5 Å². The third-order valence-electron chi connectivity index (χ3n) is 2.75. The van der Waals surface area contributed by atoms with E-state index < -0.39 is 0 Å². The molecule has 0 saturated carbocycles. The first kappa shape index (κ1) is 13.4. The number of hydrogen-bond donors (Lipinski definition) is 0. The molecular formula is C14H19NO2. The van der Waals surface area contributed by atoms with E-state index in [9.17, 15) is 0 Å². The highest BCUT2D eigenvalue weighted by Gasteiger charge is 2.10. The minimum absolute atomic E-state index is 0.360. The Labute approximate surface area is 103 Å². The molecule has 92 valence electrons. The molecule has 1 rings (SSSR count). The molecule has 0 fully saturated rings. The lowest BCUT2D eigenvalue weighted by atomic mass is 9.96. The molecule has 0 aromatic heterocycles. The Bertz CT molecular complexity index is 396. The van der Waals surface area contributed by atoms with Crippen LogP contribution in [0.2, 0.25) is 0 Å². The molecule has 0 saturated heterocycles. The Morgan fingerprint density at radius 3 is 2.71 bits per heavy atom. The predicted octanol–water partition coefficient (Wildman–Crippen LogP) is 3.50. The van der Waals surface area contributed by atoms with Gasteiger partial charge in [0.2, 0.25) is 0 Å². The third kappa shape index (κ3) is 3.67. The first-order valence-electron chi connectivity index (χ1n) is 5.90. The average molecular weight is 233 g/mol. The zero-order valence-electron chi connectivity index (χ0n) is 10.7. The normalized spacial score (nSPS) is 11.6. The van der Waals surface area contributed by atoms with Gasteiger partial charge in [-0.3, -0.25) is 0 Å². The van der Waals surface area contributed by atoms with Gasteiger partial charge in [0.05, 0.1) is 19.8 Å². The Morgan fingerprint density at radius 2 is 2.12 bits per heavy atom. The van der Waals surface area contributed by atoms with Crippen molar-refractivity contribution in [1.82, 2.24) is 0 Å². The Morgan fingerprint density at radius 1 is 1.35 bits per heavy atom. The van der Waals surface area contributed by atoms with Crippen LogP contribution in [0.25, 0.3) is 0 Å². The number of nitriles is 1. The van der Waals surface area contributed by atoms with Crippen LogP contribution in [0.4, 0.5) is 0 Å². The van der Waals surface area contributed by atoms with Crippen molar-refractivity contribution in [3.05, 3.63) is 23.8 Å². The van der Waals surface area contributed by atoms with Crippen molar-refractivity contribution < 1.29 is 9.47 Å². The molecule has 0 heterocycles. The highest BCUT2D eigenvalue weighted by atomic mass is 16.5. The van der Waals surface area contributed by atoms with Gasteiger partial charge in [0.15, 0.2) is 11.5 Å². The minimum Gasteiger partial charge on any atom is -0.493 e. The van der Waals surface area contributed by atoms with Crippen molar-refractivity contribution in [2.45, 2.75) is 32.6 Å². The number of hydrogen-bond acceptors (Lipinski definition) is 3. The van der Waals surface area contributed by atoms with Gasteiger partial charge >= 0.3 is 0 Å². The second kappa shape index (κ2) is 6.80. The van der Waals surface area contributed by atoms with Crippen LogP contribution in [0.3, 0.4) is 0 Å². The van der Waals surface area contributed by atoms with E-state index in [1.54, 1.807) is 7.11 Å². The molecule has 1 aromatic carbocycles. The van der Waals surface area contributed by atoms with Gasteiger partial charge in [0, 0.05) is 6.42 Å². The lowest BCUT2D eigenvalue weighted by molar-refractivity contribution is 0.310. The minimum atomic E-state index is 0.360. The van der Waals surface area contributed by atoms with Crippen LogP contribution in [-0.4, -0.2) is 13.7 Å². The lowest BCUT2D eigenvalue weighted by Gasteiger charge is -2.14. The second-order valence-corrected chi connectivity index (χ2v) is 3.94. The topological polar surface area (TPSA) is 42.2 Å². The van der Waals surface area contributed by atoms with Gasteiger partial charge in [-0.15, -0.1) is 0 Å². The summed E-state index contributed by atoms with van der Waals surface area (Å²) in [6.45, 7) is 4.69. The molecule has 0 spiro atoms. The number of rotatable bonds is 6. The van der Waals surface area contributed by atoms with E-state index >= 15 is 0 Å². The van der Waals surface area contributed by atoms with Crippen molar-refractivity contribution in [2.24, 2.45) is 0 Å². The molecule has 3 nitrogen and oxygen atoms in total. The summed E-state index contributed by atoms with van der Waals surface area (Å²) in [5.74, 6) is 1.89. The maximum atomic E-state index is 8.58. The summed E-state index contributed by atoms with van der Waals surface area (Å²) >= 11 is 0. The molecule has 0 aliphatic heterocycles. The van der Waals surface area contributed by atoms with Crippen LogP contribution in [0.1, 0.15) is 38.2 Å². The molecular weight excluding hydrogens is 214 g/mol. The highest BCUT2D eigenvalue weighted by molar-refractivity contribution is 5.43. The van der Waals surface area contributed by atoms with Gasteiger partial charge in [-0.2, -0.15) is 5.26 Å². The molecule has 17 heavy (non-hydrogen) atoms. The fourth-order valence-corrected chi connectivity index (χ4v) is 1.71. The number of benzene rings is 1. The number of ether oxygens (including phenoxy) is 2. The van der Waals surface area contributed by atoms with Crippen LogP contribution >= 0.6 is 0 Å². The standard InChI is InChI=1S/C14H19NO2/c1-4-17-13-8-7-12(10-14(13)16-3)11(2)6-5-9-15/h7-8,10-11H,4-6H2,1-3H3. The van der Waals surface area contributed by atoms with Crippen molar-refractivity contribution in [3.8, 4) is 17.6 Å². The SMILES string of the molecule is CCOc1ccc(C(C)CCC#N)cc1OC. The summed E-state index contributed by atoms with van der Waals surface area (Å²) in [5, 5.41) is 8.58. The fraction of sp³-hybridized carbons (Fsp3) is 0.500. The van der Waals surface area contributed by atoms with Crippen LogP contribution in [0.15, 0.2) is 18.2 Å². The smallest absolute Gasteiger partial charge is 0.161 e. The van der Waals surface area contributed by atoms with E-state index in [4.69, 9.17) is 14.7 Å². The van der Waals surface area contributed by atoms with Gasteiger partial charge in [0.1, 0.15) is 0 Å². The van der Waals surface area contributed by atoms with E-state index in [0.717, 1.165) is 17.9 Å². The Hall–Kier alpha value is -1.69. The molecule has 0 amide bonds. The molecule has 0 aliphatic carbocycles. The summed E-state index contributed by atoms with van der Waals surface area (Å²) in [4.78, 5) is 0. The molecule has 0 bridgehead atoms. The summed E-state index contributed by atoms with van der Waals surface area (Å²) < 4.78 is 10.8. The molecule has 1 unspecified atom stereocenters. The average Bonchev–Trinajstić information content (AvgIpc) is 2.36. The first-order valence-corrected chi connectivity index (χ1v) is 5.90. The van der Waals surface area contributed by atoms with Gasteiger partial charge < -0.3 is 9.47 Å². The molecule has 1 atom stereocenters. The summed E-state index contributed by atoms with van der Waals surface area (Å²) in [6.07, 6.45) is 1.45. The van der Waals surface area contributed by atoms with Crippen molar-refractivity contribution in [3.63, 3.8) is 0 Å². The zero-order valence-corrected chi connectivity index (χ0v) is 10.7. The molecule has 3 heteroatoms. The lowest BCUT2D eigenvalue weighted by Crippen LogP contribution is -1.98. The molecule has 0 aliphatic rings. The van der Waals surface area contributed by atoms with E-state index in [1.165, 1.54) is 5.56 Å². The van der Waals surface area contributed by atoms with Crippen LogP contribution in [0, 0.1) is 11.3 Å². The predicted molar refractivity (Wildman–Crippen MR) is 67.4 cm³/mol. The quantitative estimate of drug-likeness (QED) is 0.755. The van der Waals surface area contributed by atoms with Gasteiger partial charge in [-0.25, -0.2) is 0 Å². The van der Waals surface area contributed by atoms with Crippen LogP contribution in [-0.2, 0) is 0 Å². The largest absolute Gasteiger partial charge is 0.493 e. The van der Waals surface area contributed by atoms with Crippen molar-refractivity contribution >= 4 is 0 Å². The maximum Gasteiger partial charge on any atom is 0.161 e. The summed E-state index contributed by atoms with van der Waals surface area (Å²) in [5.41, 5.74) is 1.18. The number of nitrogens with zero attached hydrogens (tertiary/aromatic N) is 1. The summed E-state index contributed by atoms with van der Waals surface area (Å²) in [7, 11) is 1.64. The highest BCUT2D eigenvalue weighted by Crippen LogP contribution is 2.32. The monoisotopic (exact) mass is 233 g/mol. The van der Waals surface area contributed by atoms with Crippen LogP contribution < -0.4 is 9.47 Å². The second-order valence-electron chi connectivity index (χ2n) is 3.94. The summed E-state index contributed by atoms with van der Waals surface area (Å²) in [6, 6.07) is 8.13. The molecule has 0 N–H and O–H groups in total. The third-order valence-corrected chi connectivity index (χ3v) is 2.75. The number of methoxy groups -OCH3 is 1. The maximum absolute atomic E-state index is 8.58. The van der Waals surface area contributed by atoms with Crippen molar-refractivity contribution in [2.75, 3.05) is 13.7 Å². The molecule has 1 aromatic rings. The molecule has 0 radical (unpaired) electrons. The Balaban J connectivity index is 2.85. The van der Waals surface area contributed by atoms with E-state index in [2.05, 4.69) is 13.0 Å². The van der Waals surface area contributed by atoms with Gasteiger partial charge in [0.25, 0.3) is 0 Å². The zero-order chi connectivity index (χ0) is 12.7. The van der Waals surface area contributed by atoms with Gasteiger partial charge in [-0.05, 0) is 37.0 Å². The van der Waals surface area contributed by atoms with E-state index in [-0.39, 0.29) is 0 Å². The van der Waals surface area contributed by atoms with E-state index in [0.29, 0.717) is 18.9 Å². The first-order chi connectivity index (χ1) is 8.22. The Kier molecular flexibility index (Phi) is 5.35. The van der Waals surface area contributed by atoms with E-state index in [1.807, 2.05) is 25.1 Å². The van der Waals surface area contributed by atoms with Crippen molar-refractivity contribution in [1.29, 1.82) is 5.26 Å². The van der Waals surface area contributed by atoms with Gasteiger partial charge in [-0.1, -0.05) is 13.0 Å².